The van der Waals surface area contributed by atoms with Crippen molar-refractivity contribution in [3.8, 4) is 0 Å². The number of aromatic nitrogens is 3. The van der Waals surface area contributed by atoms with Crippen molar-refractivity contribution in [2.45, 2.75) is 19.3 Å². The van der Waals surface area contributed by atoms with Gasteiger partial charge in [-0.15, -0.1) is 0 Å². The molecular weight excluding hydrogens is 453 g/mol. The van der Waals surface area contributed by atoms with Gasteiger partial charge >= 0.3 is 5.97 Å². The van der Waals surface area contributed by atoms with E-state index in [2.05, 4.69) is 15.2 Å². The number of benzene rings is 2. The number of fused-ring (bicyclic) bond motifs is 1. The van der Waals surface area contributed by atoms with Crippen LogP contribution < -0.4 is 0 Å². The van der Waals surface area contributed by atoms with Crippen molar-refractivity contribution in [2.24, 2.45) is 5.92 Å². The zero-order valence-electron chi connectivity index (χ0n) is 18.1. The number of carboxylic acids is 1. The smallest absolute Gasteiger partial charge is 0.328 e. The summed E-state index contributed by atoms with van der Waals surface area (Å²) < 4.78 is 14.4. The second-order valence-electron chi connectivity index (χ2n) is 8.31. The van der Waals surface area contributed by atoms with Gasteiger partial charge in [0.15, 0.2) is 0 Å². The predicted molar refractivity (Wildman–Crippen MR) is 132 cm³/mol. The molecule has 5 rings (SSSR count). The molecular formula is C27H21ClFN3O2. The van der Waals surface area contributed by atoms with Crippen LogP contribution in [0.15, 0.2) is 66.9 Å². The van der Waals surface area contributed by atoms with E-state index in [4.69, 9.17) is 16.7 Å². The van der Waals surface area contributed by atoms with Gasteiger partial charge in [0.1, 0.15) is 0 Å². The minimum atomic E-state index is -1.00. The van der Waals surface area contributed by atoms with Crippen molar-refractivity contribution < 1.29 is 14.3 Å². The van der Waals surface area contributed by atoms with Gasteiger partial charge in [0.2, 0.25) is 5.95 Å². The Morgan fingerprint density at radius 2 is 1.88 bits per heavy atom. The van der Waals surface area contributed by atoms with Crippen molar-refractivity contribution in [2.75, 3.05) is 0 Å². The number of pyridine rings is 1. The molecule has 2 aromatic carbocycles. The average molecular weight is 474 g/mol. The van der Waals surface area contributed by atoms with Gasteiger partial charge in [0, 0.05) is 12.3 Å². The van der Waals surface area contributed by atoms with Crippen LogP contribution in [0.3, 0.4) is 0 Å². The molecule has 1 aliphatic rings. The monoisotopic (exact) mass is 473 g/mol. The first-order chi connectivity index (χ1) is 16.5. The quantitative estimate of drug-likeness (QED) is 0.309. The average Bonchev–Trinajstić information content (AvgIpc) is 3.17. The van der Waals surface area contributed by atoms with Gasteiger partial charge in [0.05, 0.1) is 21.6 Å². The second kappa shape index (κ2) is 9.23. The minimum Gasteiger partial charge on any atom is -0.478 e. The van der Waals surface area contributed by atoms with Crippen molar-refractivity contribution in [3.05, 3.63) is 100 Å². The van der Waals surface area contributed by atoms with E-state index in [1.807, 2.05) is 36.4 Å². The Hall–Kier alpha value is -3.77. The summed E-state index contributed by atoms with van der Waals surface area (Å²) in [5.74, 6) is -1.21. The lowest BCUT2D eigenvalue weighted by molar-refractivity contribution is -0.131. The summed E-state index contributed by atoms with van der Waals surface area (Å²) in [6.45, 7) is 0. The van der Waals surface area contributed by atoms with Crippen LogP contribution in [0.1, 0.15) is 41.6 Å². The SMILES string of the molecule is O=C(O)/C=C/c1ccc(/C(=C(\c2ncccc2Cl)C2CCC2)c2ccc3n[nH]c(F)c3c2)cc1. The van der Waals surface area contributed by atoms with Gasteiger partial charge in [-0.2, -0.15) is 9.49 Å². The summed E-state index contributed by atoms with van der Waals surface area (Å²) in [6.07, 6.45) is 7.55. The van der Waals surface area contributed by atoms with E-state index in [0.717, 1.165) is 58.9 Å². The van der Waals surface area contributed by atoms with E-state index in [9.17, 15) is 9.18 Å². The molecule has 4 aromatic rings. The fourth-order valence-electron chi connectivity index (χ4n) is 4.34. The number of aliphatic carboxylic acids is 1. The highest BCUT2D eigenvalue weighted by Crippen LogP contribution is 2.46. The van der Waals surface area contributed by atoms with Gasteiger partial charge in [-0.1, -0.05) is 48.4 Å². The first-order valence-electron chi connectivity index (χ1n) is 11.0. The number of carboxylic acid groups (broad SMARTS) is 1. The molecule has 0 spiro atoms. The molecule has 34 heavy (non-hydrogen) atoms. The molecule has 2 aromatic heterocycles. The van der Waals surface area contributed by atoms with E-state index in [-0.39, 0.29) is 5.92 Å². The maximum Gasteiger partial charge on any atom is 0.328 e. The fraction of sp³-hybridized carbons (Fsp3) is 0.148. The van der Waals surface area contributed by atoms with Crippen molar-refractivity contribution in [3.63, 3.8) is 0 Å². The van der Waals surface area contributed by atoms with Crippen LogP contribution in [0.5, 0.6) is 0 Å². The van der Waals surface area contributed by atoms with Gasteiger partial charge in [-0.3, -0.25) is 10.1 Å². The molecule has 5 nitrogen and oxygen atoms in total. The number of hydrogen-bond acceptors (Lipinski definition) is 3. The van der Waals surface area contributed by atoms with Crippen LogP contribution in [0, 0.1) is 11.9 Å². The van der Waals surface area contributed by atoms with E-state index >= 15 is 0 Å². The largest absolute Gasteiger partial charge is 0.478 e. The predicted octanol–water partition coefficient (Wildman–Crippen LogP) is 6.61. The van der Waals surface area contributed by atoms with E-state index in [0.29, 0.717) is 15.9 Å². The van der Waals surface area contributed by atoms with Crippen molar-refractivity contribution in [1.82, 2.24) is 15.2 Å². The molecule has 170 valence electrons. The number of rotatable bonds is 6. The van der Waals surface area contributed by atoms with E-state index in [1.165, 1.54) is 0 Å². The molecule has 0 aliphatic heterocycles. The van der Waals surface area contributed by atoms with Crippen molar-refractivity contribution in [1.29, 1.82) is 0 Å². The number of aromatic amines is 1. The molecule has 0 amide bonds. The molecule has 1 fully saturated rings. The van der Waals surface area contributed by atoms with Gasteiger partial charge in [-0.25, -0.2) is 4.79 Å². The number of carbonyl (C=O) groups is 1. The Kier molecular flexibility index (Phi) is 5.99. The Labute approximate surface area is 200 Å². The van der Waals surface area contributed by atoms with Gasteiger partial charge in [-0.05, 0) is 76.9 Å². The Bertz CT molecular complexity index is 1440. The van der Waals surface area contributed by atoms with Crippen LogP contribution >= 0.6 is 11.6 Å². The number of nitrogens with one attached hydrogen (secondary N) is 1. The standard InChI is InChI=1S/C27H21ClFN3O2/c28-21-5-2-14-30-26(21)25(17-3-1-4-17)24(18-9-6-16(7-10-18)8-13-23(33)34)19-11-12-22-20(15-19)27(29)32-31-22/h2,5-15,17H,1,3-4H2,(H,31,32)(H,33,34)/b13-8+,25-24+. The lowest BCUT2D eigenvalue weighted by atomic mass is 9.74. The Morgan fingerprint density at radius 1 is 1.12 bits per heavy atom. The lowest BCUT2D eigenvalue weighted by Gasteiger charge is -2.31. The Morgan fingerprint density at radius 3 is 2.56 bits per heavy atom. The Balaban J connectivity index is 1.76. The number of nitrogens with zero attached hydrogens (tertiary/aromatic N) is 2. The normalized spacial score (nSPS) is 14.9. The number of halogens is 2. The summed E-state index contributed by atoms with van der Waals surface area (Å²) in [4.78, 5) is 15.5. The summed E-state index contributed by atoms with van der Waals surface area (Å²) in [5, 5.41) is 16.3. The highest BCUT2D eigenvalue weighted by molar-refractivity contribution is 6.32. The molecule has 0 unspecified atom stereocenters. The van der Waals surface area contributed by atoms with Crippen LogP contribution in [-0.4, -0.2) is 26.3 Å². The fourth-order valence-corrected chi connectivity index (χ4v) is 4.56. The molecule has 1 saturated carbocycles. The minimum absolute atomic E-state index is 0.277. The molecule has 0 bridgehead atoms. The maximum atomic E-state index is 14.4. The van der Waals surface area contributed by atoms with Gasteiger partial charge < -0.3 is 5.11 Å². The number of hydrogen-bond donors (Lipinski definition) is 2. The molecule has 0 atom stereocenters. The summed E-state index contributed by atoms with van der Waals surface area (Å²) >= 11 is 6.63. The number of H-pyrrole nitrogens is 1. The van der Waals surface area contributed by atoms with E-state index in [1.54, 1.807) is 30.5 Å². The number of allylic oxidation sites excluding steroid dienone is 1. The third-order valence-electron chi connectivity index (χ3n) is 6.21. The summed E-state index contributed by atoms with van der Waals surface area (Å²) in [5.41, 5.74) is 5.77. The highest BCUT2D eigenvalue weighted by Gasteiger charge is 2.29. The van der Waals surface area contributed by atoms with Gasteiger partial charge in [0.25, 0.3) is 0 Å². The third-order valence-corrected chi connectivity index (χ3v) is 6.52. The van der Waals surface area contributed by atoms with Crippen molar-refractivity contribution >= 4 is 45.7 Å². The van der Waals surface area contributed by atoms with Crippen LogP contribution in [0.2, 0.25) is 5.02 Å². The molecule has 7 heteroatoms. The van der Waals surface area contributed by atoms with Crippen LogP contribution in [0.4, 0.5) is 4.39 Å². The van der Waals surface area contributed by atoms with Crippen LogP contribution in [0.25, 0.3) is 28.1 Å². The van der Waals surface area contributed by atoms with Crippen LogP contribution in [-0.2, 0) is 4.79 Å². The zero-order valence-corrected chi connectivity index (χ0v) is 18.9. The molecule has 2 N–H and O–H groups in total. The molecule has 1 aliphatic carbocycles. The lowest BCUT2D eigenvalue weighted by Crippen LogP contribution is -2.16. The molecule has 2 heterocycles. The summed E-state index contributed by atoms with van der Waals surface area (Å²) in [6, 6.07) is 16.8. The highest BCUT2D eigenvalue weighted by atomic mass is 35.5. The summed E-state index contributed by atoms with van der Waals surface area (Å²) in [7, 11) is 0. The first-order valence-corrected chi connectivity index (χ1v) is 11.4. The second-order valence-corrected chi connectivity index (χ2v) is 8.72. The first kappa shape index (κ1) is 22.0. The van der Waals surface area contributed by atoms with E-state index < -0.39 is 11.9 Å². The topological polar surface area (TPSA) is 78.9 Å². The molecule has 0 radical (unpaired) electrons. The third kappa shape index (κ3) is 4.24. The maximum absolute atomic E-state index is 14.4. The zero-order chi connectivity index (χ0) is 23.7. The molecule has 0 saturated heterocycles.